The number of anilines is 1. The monoisotopic (exact) mass is 348 g/mol. The normalized spacial score (nSPS) is 17.5. The fourth-order valence-electron chi connectivity index (χ4n) is 3.64. The topological polar surface area (TPSA) is 52.2 Å². The number of benzene rings is 2. The smallest absolute Gasteiger partial charge is 0.253 e. The van der Waals surface area contributed by atoms with Crippen molar-refractivity contribution in [2.24, 2.45) is 0 Å². The Bertz CT molecular complexity index is 880. The minimum absolute atomic E-state index is 0.108. The van der Waals surface area contributed by atoms with Crippen molar-refractivity contribution >= 4 is 22.6 Å². The van der Waals surface area contributed by atoms with Crippen LogP contribution in [0.25, 0.3) is 11.0 Å². The van der Waals surface area contributed by atoms with Gasteiger partial charge in [0.1, 0.15) is 5.82 Å². The zero-order valence-electron chi connectivity index (χ0n) is 15.3. The third-order valence-corrected chi connectivity index (χ3v) is 5.13. The highest BCUT2D eigenvalue weighted by Crippen LogP contribution is 2.27. The van der Waals surface area contributed by atoms with Crippen LogP contribution in [0.4, 0.5) is 5.69 Å². The molecule has 0 bridgehead atoms. The molecule has 3 aromatic rings. The van der Waals surface area contributed by atoms with E-state index in [9.17, 15) is 4.79 Å². The maximum absolute atomic E-state index is 12.9. The maximum atomic E-state index is 12.9. The fraction of sp³-hybridized carbons (Fsp3) is 0.333. The van der Waals surface area contributed by atoms with Crippen LogP contribution >= 0.6 is 0 Å². The van der Waals surface area contributed by atoms with Gasteiger partial charge in [-0.25, -0.2) is 4.98 Å². The van der Waals surface area contributed by atoms with E-state index in [1.807, 2.05) is 72.4 Å². The lowest BCUT2D eigenvalue weighted by Gasteiger charge is -2.32. The van der Waals surface area contributed by atoms with Gasteiger partial charge in [-0.1, -0.05) is 12.1 Å². The van der Waals surface area contributed by atoms with Crippen LogP contribution in [-0.4, -0.2) is 48.0 Å². The lowest BCUT2D eigenvalue weighted by atomic mass is 9.96. The number of H-pyrrole nitrogens is 1. The summed E-state index contributed by atoms with van der Waals surface area (Å²) < 4.78 is 0. The average molecular weight is 348 g/mol. The quantitative estimate of drug-likeness (QED) is 0.786. The number of nitrogens with one attached hydrogen (secondary N) is 1. The van der Waals surface area contributed by atoms with E-state index in [2.05, 4.69) is 4.98 Å². The van der Waals surface area contributed by atoms with Crippen LogP contribution in [0.3, 0.4) is 0 Å². The van der Waals surface area contributed by atoms with Gasteiger partial charge in [-0.15, -0.1) is 0 Å². The molecule has 1 amide bonds. The minimum atomic E-state index is 0.108. The van der Waals surface area contributed by atoms with Crippen LogP contribution in [0.5, 0.6) is 0 Å². The Morgan fingerprint density at radius 3 is 2.65 bits per heavy atom. The first kappa shape index (κ1) is 16.6. The van der Waals surface area contributed by atoms with Gasteiger partial charge in [0.05, 0.1) is 11.0 Å². The molecule has 1 aliphatic rings. The molecule has 2 heterocycles. The summed E-state index contributed by atoms with van der Waals surface area (Å²) in [4.78, 5) is 25.1. The van der Waals surface area contributed by atoms with Crippen LogP contribution in [0.15, 0.2) is 48.5 Å². The molecule has 1 saturated heterocycles. The van der Waals surface area contributed by atoms with Crippen LogP contribution in [0.2, 0.25) is 0 Å². The Labute approximate surface area is 153 Å². The second-order valence-corrected chi connectivity index (χ2v) is 7.17. The number of carbonyl (C=O) groups excluding carboxylic acids is 1. The van der Waals surface area contributed by atoms with Crippen LogP contribution < -0.4 is 4.90 Å². The average Bonchev–Trinajstić information content (AvgIpc) is 3.12. The van der Waals surface area contributed by atoms with Gasteiger partial charge in [-0.2, -0.15) is 0 Å². The molecule has 1 N–H and O–H groups in total. The number of para-hydroxylation sites is 2. The highest BCUT2D eigenvalue weighted by Gasteiger charge is 2.27. The molecule has 0 aliphatic carbocycles. The summed E-state index contributed by atoms with van der Waals surface area (Å²) >= 11 is 0. The van der Waals surface area contributed by atoms with E-state index in [1.165, 1.54) is 0 Å². The van der Waals surface area contributed by atoms with Crippen molar-refractivity contribution < 1.29 is 4.79 Å². The summed E-state index contributed by atoms with van der Waals surface area (Å²) in [5.41, 5.74) is 3.90. The predicted octanol–water partition coefficient (Wildman–Crippen LogP) is 3.65. The van der Waals surface area contributed by atoms with E-state index in [0.717, 1.165) is 47.5 Å². The van der Waals surface area contributed by atoms with Gasteiger partial charge in [0.15, 0.2) is 0 Å². The lowest BCUT2D eigenvalue weighted by Crippen LogP contribution is -2.39. The third kappa shape index (κ3) is 3.17. The van der Waals surface area contributed by atoms with E-state index >= 15 is 0 Å². The minimum Gasteiger partial charge on any atom is -0.378 e. The second-order valence-electron chi connectivity index (χ2n) is 7.17. The Balaban J connectivity index is 1.51. The molecular weight excluding hydrogens is 324 g/mol. The molecule has 1 aromatic heterocycles. The first-order chi connectivity index (χ1) is 12.6. The molecule has 5 heteroatoms. The first-order valence-corrected chi connectivity index (χ1v) is 9.13. The third-order valence-electron chi connectivity index (χ3n) is 5.13. The molecule has 0 spiro atoms. The number of fused-ring (bicyclic) bond motifs is 1. The molecule has 0 saturated carbocycles. The second kappa shape index (κ2) is 6.83. The van der Waals surface area contributed by atoms with Crippen molar-refractivity contribution in [3.63, 3.8) is 0 Å². The number of aromatic amines is 1. The maximum Gasteiger partial charge on any atom is 0.253 e. The number of piperidine rings is 1. The Morgan fingerprint density at radius 1 is 1.15 bits per heavy atom. The molecule has 5 nitrogen and oxygen atoms in total. The Morgan fingerprint density at radius 2 is 1.92 bits per heavy atom. The van der Waals surface area contributed by atoms with Crippen molar-refractivity contribution in [1.82, 2.24) is 14.9 Å². The summed E-state index contributed by atoms with van der Waals surface area (Å²) in [5.74, 6) is 1.36. The van der Waals surface area contributed by atoms with Crippen molar-refractivity contribution in [3.05, 3.63) is 59.9 Å². The summed E-state index contributed by atoms with van der Waals surface area (Å²) in [6.45, 7) is 1.53. The highest BCUT2D eigenvalue weighted by atomic mass is 16.2. The molecule has 1 aliphatic heterocycles. The number of aromatic nitrogens is 2. The van der Waals surface area contributed by atoms with Gasteiger partial charge in [0.25, 0.3) is 5.91 Å². The summed E-state index contributed by atoms with van der Waals surface area (Å²) in [6, 6.07) is 15.9. The van der Waals surface area contributed by atoms with E-state index in [1.54, 1.807) is 0 Å². The number of hydrogen-bond acceptors (Lipinski definition) is 3. The van der Waals surface area contributed by atoms with Gasteiger partial charge >= 0.3 is 0 Å². The number of likely N-dealkylation sites (tertiary alicyclic amines) is 1. The van der Waals surface area contributed by atoms with Gasteiger partial charge in [-0.3, -0.25) is 4.79 Å². The summed E-state index contributed by atoms with van der Waals surface area (Å²) in [6.07, 6.45) is 2.06. The Hall–Kier alpha value is -2.82. The predicted molar refractivity (Wildman–Crippen MR) is 105 cm³/mol. The van der Waals surface area contributed by atoms with E-state index in [0.29, 0.717) is 6.54 Å². The molecule has 1 atom stereocenters. The standard InChI is InChI=1S/C21H24N4O/c1-24(2)17-11-9-15(10-12-17)21(26)25-13-5-6-16(14-25)20-22-18-7-3-4-8-19(18)23-20/h3-4,7-12,16H,5-6,13-14H2,1-2H3,(H,22,23)/t16-/m1/s1. The number of hydrogen-bond donors (Lipinski definition) is 1. The van der Waals surface area contributed by atoms with Crippen LogP contribution in [0.1, 0.15) is 34.9 Å². The summed E-state index contributed by atoms with van der Waals surface area (Å²) in [5, 5.41) is 0. The molecule has 0 unspecified atom stereocenters. The lowest BCUT2D eigenvalue weighted by molar-refractivity contribution is 0.0705. The van der Waals surface area contributed by atoms with E-state index < -0.39 is 0 Å². The van der Waals surface area contributed by atoms with Crippen LogP contribution in [-0.2, 0) is 0 Å². The number of carbonyl (C=O) groups is 1. The summed E-state index contributed by atoms with van der Waals surface area (Å²) in [7, 11) is 4.00. The molecule has 26 heavy (non-hydrogen) atoms. The zero-order valence-corrected chi connectivity index (χ0v) is 15.3. The Kier molecular flexibility index (Phi) is 4.37. The van der Waals surface area contributed by atoms with Gasteiger partial charge in [0, 0.05) is 44.4 Å². The fourth-order valence-corrected chi connectivity index (χ4v) is 3.64. The molecule has 1 fully saturated rings. The van der Waals surface area contributed by atoms with Crippen molar-refractivity contribution in [1.29, 1.82) is 0 Å². The molecular formula is C21H24N4O. The molecule has 4 rings (SSSR count). The number of amides is 1. The zero-order chi connectivity index (χ0) is 18.1. The first-order valence-electron chi connectivity index (χ1n) is 9.13. The number of nitrogens with zero attached hydrogens (tertiary/aromatic N) is 3. The molecule has 0 radical (unpaired) electrons. The van der Waals surface area contributed by atoms with Gasteiger partial charge in [-0.05, 0) is 49.2 Å². The van der Waals surface area contributed by atoms with E-state index in [-0.39, 0.29) is 11.8 Å². The van der Waals surface area contributed by atoms with Gasteiger partial charge in [0.2, 0.25) is 0 Å². The van der Waals surface area contributed by atoms with E-state index in [4.69, 9.17) is 4.98 Å². The largest absolute Gasteiger partial charge is 0.378 e. The molecule has 2 aromatic carbocycles. The number of rotatable bonds is 3. The molecule has 134 valence electrons. The van der Waals surface area contributed by atoms with Crippen molar-refractivity contribution in [2.45, 2.75) is 18.8 Å². The highest BCUT2D eigenvalue weighted by molar-refractivity contribution is 5.94. The SMILES string of the molecule is CN(C)c1ccc(C(=O)N2CCC[C@@H](c3nc4ccccc4[nH]3)C2)cc1. The van der Waals surface area contributed by atoms with Crippen molar-refractivity contribution in [2.75, 3.05) is 32.1 Å². The van der Waals surface area contributed by atoms with Crippen molar-refractivity contribution in [3.8, 4) is 0 Å². The van der Waals surface area contributed by atoms with Crippen LogP contribution in [0, 0.1) is 0 Å². The van der Waals surface area contributed by atoms with Gasteiger partial charge < -0.3 is 14.8 Å². The number of imidazole rings is 1.